The average molecular weight is 314 g/mol. The van der Waals surface area contributed by atoms with Crippen LogP contribution in [0.4, 0.5) is 0 Å². The van der Waals surface area contributed by atoms with Gasteiger partial charge in [-0.25, -0.2) is 0 Å². The molecule has 3 nitrogen and oxygen atoms in total. The lowest BCUT2D eigenvalue weighted by atomic mass is 10.0. The molecule has 0 aromatic heterocycles. The van der Waals surface area contributed by atoms with Crippen molar-refractivity contribution >= 4 is 21.8 Å². The summed E-state index contributed by atoms with van der Waals surface area (Å²) in [6, 6.07) is 8.03. The normalized spacial score (nSPS) is 10.5. The summed E-state index contributed by atoms with van der Waals surface area (Å²) in [5.41, 5.74) is 1.20. The number of alkyl halides is 1. The number of hydrogen-bond acceptors (Lipinski definition) is 2. The van der Waals surface area contributed by atoms with E-state index in [4.69, 9.17) is 4.74 Å². The minimum atomic E-state index is 0.0655. The van der Waals surface area contributed by atoms with Crippen molar-refractivity contribution in [1.29, 1.82) is 0 Å². The predicted molar refractivity (Wildman–Crippen MR) is 77.5 cm³/mol. The first-order valence-electron chi connectivity index (χ1n) is 6.08. The average Bonchev–Trinajstić information content (AvgIpc) is 2.38. The molecule has 18 heavy (non-hydrogen) atoms. The molecule has 0 aliphatic carbocycles. The zero-order valence-corrected chi connectivity index (χ0v) is 12.7. The Kier molecular flexibility index (Phi) is 6.19. The molecule has 1 aromatic rings. The van der Waals surface area contributed by atoms with Crippen LogP contribution in [0.3, 0.4) is 0 Å². The van der Waals surface area contributed by atoms with Crippen molar-refractivity contribution in [2.24, 2.45) is 0 Å². The minimum Gasteiger partial charge on any atom is -0.491 e. The highest BCUT2D eigenvalue weighted by atomic mass is 79.9. The first-order valence-corrected chi connectivity index (χ1v) is 7.20. The van der Waals surface area contributed by atoms with Crippen LogP contribution in [0.2, 0.25) is 0 Å². The van der Waals surface area contributed by atoms with E-state index >= 15 is 0 Å². The molecule has 0 N–H and O–H groups in total. The smallest absolute Gasteiger partial charge is 0.233 e. The number of carbonyl (C=O) groups is 1. The summed E-state index contributed by atoms with van der Waals surface area (Å²) in [6.07, 6.45) is 0. The van der Waals surface area contributed by atoms with Gasteiger partial charge in [-0.1, -0.05) is 48.0 Å². The lowest BCUT2D eigenvalue weighted by Crippen LogP contribution is -2.31. The maximum absolute atomic E-state index is 11.4. The van der Waals surface area contributed by atoms with Crippen LogP contribution in [-0.4, -0.2) is 36.3 Å². The van der Waals surface area contributed by atoms with Gasteiger partial charge in [0.2, 0.25) is 5.91 Å². The molecule has 0 heterocycles. The third kappa shape index (κ3) is 4.33. The third-order valence-corrected chi connectivity index (χ3v) is 3.25. The Hall–Kier alpha value is -1.03. The maximum atomic E-state index is 11.4. The predicted octanol–water partition coefficient (Wildman–Crippen LogP) is 3.04. The van der Waals surface area contributed by atoms with Gasteiger partial charge in [0.05, 0.1) is 11.9 Å². The van der Waals surface area contributed by atoms with Gasteiger partial charge in [0.15, 0.2) is 0 Å². The number of benzene rings is 1. The fraction of sp³-hybridized carbons (Fsp3) is 0.500. The van der Waals surface area contributed by atoms with E-state index < -0.39 is 0 Å². The van der Waals surface area contributed by atoms with Crippen LogP contribution in [0.25, 0.3) is 0 Å². The number of hydrogen-bond donors (Lipinski definition) is 0. The van der Waals surface area contributed by atoms with Gasteiger partial charge < -0.3 is 9.64 Å². The zero-order chi connectivity index (χ0) is 13.5. The Morgan fingerprint density at radius 2 is 2.06 bits per heavy atom. The van der Waals surface area contributed by atoms with Gasteiger partial charge in [0.1, 0.15) is 12.4 Å². The molecule has 0 saturated heterocycles. The quantitative estimate of drug-likeness (QED) is 0.755. The van der Waals surface area contributed by atoms with Gasteiger partial charge >= 0.3 is 0 Å². The number of nitrogens with zero attached hydrogens (tertiary/aromatic N) is 1. The van der Waals surface area contributed by atoms with Gasteiger partial charge in [0.25, 0.3) is 0 Å². The fourth-order valence-corrected chi connectivity index (χ4v) is 2.04. The van der Waals surface area contributed by atoms with Crippen LogP contribution in [0.15, 0.2) is 24.3 Å². The Morgan fingerprint density at radius 1 is 1.39 bits per heavy atom. The van der Waals surface area contributed by atoms with Crippen molar-refractivity contribution in [2.75, 3.05) is 25.5 Å². The Morgan fingerprint density at radius 3 is 2.67 bits per heavy atom. The van der Waals surface area contributed by atoms with Crippen molar-refractivity contribution in [3.63, 3.8) is 0 Å². The highest BCUT2D eigenvalue weighted by Gasteiger charge is 2.09. The van der Waals surface area contributed by atoms with Gasteiger partial charge in [-0.05, 0) is 17.5 Å². The van der Waals surface area contributed by atoms with E-state index in [0.717, 1.165) is 5.75 Å². The Bertz CT molecular complexity index is 393. The van der Waals surface area contributed by atoms with Crippen molar-refractivity contribution in [3.05, 3.63) is 29.8 Å². The van der Waals surface area contributed by atoms with Crippen LogP contribution in [0.1, 0.15) is 25.3 Å². The van der Waals surface area contributed by atoms with Gasteiger partial charge in [-0.2, -0.15) is 0 Å². The van der Waals surface area contributed by atoms with E-state index in [0.29, 0.717) is 24.4 Å². The van der Waals surface area contributed by atoms with E-state index in [1.807, 2.05) is 18.2 Å². The van der Waals surface area contributed by atoms with Crippen LogP contribution < -0.4 is 4.74 Å². The first kappa shape index (κ1) is 15.0. The molecule has 0 radical (unpaired) electrons. The third-order valence-electron chi connectivity index (χ3n) is 2.77. The summed E-state index contributed by atoms with van der Waals surface area (Å²) >= 11 is 3.15. The molecule has 0 aliphatic heterocycles. The van der Waals surface area contributed by atoms with Crippen LogP contribution in [0, 0.1) is 0 Å². The summed E-state index contributed by atoms with van der Waals surface area (Å²) in [6.45, 7) is 5.39. The summed E-state index contributed by atoms with van der Waals surface area (Å²) in [5, 5.41) is 0.353. The van der Waals surface area contributed by atoms with Gasteiger partial charge in [-0.15, -0.1) is 0 Å². The Labute approximate surface area is 117 Å². The second-order valence-corrected chi connectivity index (χ2v) is 5.05. The number of halogens is 1. The summed E-state index contributed by atoms with van der Waals surface area (Å²) < 4.78 is 5.75. The molecule has 0 spiro atoms. The highest BCUT2D eigenvalue weighted by Crippen LogP contribution is 2.25. The maximum Gasteiger partial charge on any atom is 0.233 e. The molecule has 0 fully saturated rings. The summed E-state index contributed by atoms with van der Waals surface area (Å²) in [7, 11) is 1.78. The van der Waals surface area contributed by atoms with Crippen molar-refractivity contribution in [1.82, 2.24) is 4.90 Å². The van der Waals surface area contributed by atoms with Gasteiger partial charge in [0, 0.05) is 7.05 Å². The minimum absolute atomic E-state index is 0.0655. The number of amides is 1. The highest BCUT2D eigenvalue weighted by molar-refractivity contribution is 9.09. The lowest BCUT2D eigenvalue weighted by Gasteiger charge is -2.18. The number of para-hydroxylation sites is 1. The second-order valence-electron chi connectivity index (χ2n) is 4.49. The number of rotatable bonds is 6. The first-order chi connectivity index (χ1) is 8.56. The SMILES string of the molecule is CC(C)c1ccccc1OCCN(C)C(=O)CBr. The number of likely N-dealkylation sites (N-methyl/N-ethyl adjacent to an activating group) is 1. The number of ether oxygens (including phenoxy) is 1. The molecule has 100 valence electrons. The topological polar surface area (TPSA) is 29.5 Å². The molecule has 1 aromatic carbocycles. The molecule has 0 aliphatic rings. The standard InChI is InChI=1S/C14H20BrNO2/c1-11(2)12-6-4-5-7-13(12)18-9-8-16(3)14(17)10-15/h4-7,11H,8-10H2,1-3H3. The monoisotopic (exact) mass is 313 g/mol. The summed E-state index contributed by atoms with van der Waals surface area (Å²) in [5.74, 6) is 1.41. The van der Waals surface area contributed by atoms with Crippen LogP contribution >= 0.6 is 15.9 Å². The van der Waals surface area contributed by atoms with E-state index in [-0.39, 0.29) is 5.91 Å². The molecule has 1 amide bonds. The molecule has 0 atom stereocenters. The molecule has 4 heteroatoms. The Balaban J connectivity index is 2.51. The van der Waals surface area contributed by atoms with Crippen LogP contribution in [0.5, 0.6) is 5.75 Å². The van der Waals surface area contributed by atoms with Crippen molar-refractivity contribution in [3.8, 4) is 5.75 Å². The zero-order valence-electron chi connectivity index (χ0n) is 11.1. The van der Waals surface area contributed by atoms with E-state index in [2.05, 4.69) is 35.8 Å². The molecule has 0 saturated carbocycles. The molecular weight excluding hydrogens is 294 g/mol. The van der Waals surface area contributed by atoms with Gasteiger partial charge in [-0.3, -0.25) is 4.79 Å². The lowest BCUT2D eigenvalue weighted by molar-refractivity contribution is -0.127. The van der Waals surface area contributed by atoms with E-state index in [1.165, 1.54) is 5.56 Å². The molecule has 0 unspecified atom stereocenters. The van der Waals surface area contributed by atoms with E-state index in [9.17, 15) is 4.79 Å². The van der Waals surface area contributed by atoms with Crippen LogP contribution in [-0.2, 0) is 4.79 Å². The van der Waals surface area contributed by atoms with E-state index in [1.54, 1.807) is 11.9 Å². The van der Waals surface area contributed by atoms with Crippen molar-refractivity contribution in [2.45, 2.75) is 19.8 Å². The fourth-order valence-electron chi connectivity index (χ4n) is 1.61. The molecule has 0 bridgehead atoms. The molecular formula is C14H20BrNO2. The molecule has 1 rings (SSSR count). The largest absolute Gasteiger partial charge is 0.491 e. The number of carbonyl (C=O) groups excluding carboxylic acids is 1. The van der Waals surface area contributed by atoms with Crippen molar-refractivity contribution < 1.29 is 9.53 Å². The second kappa shape index (κ2) is 7.41. The summed E-state index contributed by atoms with van der Waals surface area (Å²) in [4.78, 5) is 13.0.